The van der Waals surface area contributed by atoms with Crippen molar-refractivity contribution >= 4 is 0 Å². The number of nitrogens with one attached hydrogen (secondary N) is 1. The average Bonchev–Trinajstić information content (AvgIpc) is 2.78. The molecule has 2 heterocycles. The predicted molar refractivity (Wildman–Crippen MR) is 85.1 cm³/mol. The van der Waals surface area contributed by atoms with Crippen LogP contribution in [0, 0.1) is 5.41 Å². The highest BCUT2D eigenvalue weighted by molar-refractivity contribution is 4.93. The van der Waals surface area contributed by atoms with Gasteiger partial charge in [0.1, 0.15) is 0 Å². The molecule has 118 valence electrons. The van der Waals surface area contributed by atoms with E-state index < -0.39 is 0 Å². The Morgan fingerprint density at radius 3 is 2.75 bits per heavy atom. The summed E-state index contributed by atoms with van der Waals surface area (Å²) in [6.07, 6.45) is 6.57. The van der Waals surface area contributed by atoms with E-state index in [1.54, 1.807) is 0 Å². The molecule has 3 atom stereocenters. The summed E-state index contributed by atoms with van der Waals surface area (Å²) < 4.78 is 5.87. The lowest BCUT2D eigenvalue weighted by Gasteiger charge is -2.43. The number of ether oxygens (including phenoxy) is 1. The SMILES string of the molecule is CCC1CCC(C)N1CC1(CNC(C)C)CCCOC1. The molecule has 0 aliphatic carbocycles. The van der Waals surface area contributed by atoms with Gasteiger partial charge in [-0.1, -0.05) is 20.8 Å². The molecule has 0 aromatic heterocycles. The summed E-state index contributed by atoms with van der Waals surface area (Å²) in [6, 6.07) is 2.10. The summed E-state index contributed by atoms with van der Waals surface area (Å²) in [4.78, 5) is 2.77. The summed E-state index contributed by atoms with van der Waals surface area (Å²) in [5, 5.41) is 3.67. The topological polar surface area (TPSA) is 24.5 Å². The minimum absolute atomic E-state index is 0.328. The van der Waals surface area contributed by atoms with E-state index in [-0.39, 0.29) is 0 Å². The van der Waals surface area contributed by atoms with E-state index in [9.17, 15) is 0 Å². The highest BCUT2D eigenvalue weighted by atomic mass is 16.5. The third-order valence-corrected chi connectivity index (χ3v) is 5.23. The Balaban J connectivity index is 2.02. The first-order valence-corrected chi connectivity index (χ1v) is 8.63. The van der Waals surface area contributed by atoms with Crippen molar-refractivity contribution in [3.63, 3.8) is 0 Å². The van der Waals surface area contributed by atoms with Gasteiger partial charge < -0.3 is 10.1 Å². The van der Waals surface area contributed by atoms with Crippen LogP contribution in [0.2, 0.25) is 0 Å². The fraction of sp³-hybridized carbons (Fsp3) is 1.00. The van der Waals surface area contributed by atoms with Gasteiger partial charge in [0.2, 0.25) is 0 Å². The Bertz CT molecular complexity index is 287. The summed E-state index contributed by atoms with van der Waals surface area (Å²) in [5.74, 6) is 0. The van der Waals surface area contributed by atoms with Crippen LogP contribution in [0.5, 0.6) is 0 Å². The first-order valence-electron chi connectivity index (χ1n) is 8.63. The molecule has 0 radical (unpaired) electrons. The second-order valence-corrected chi connectivity index (χ2v) is 7.35. The molecule has 0 saturated carbocycles. The minimum atomic E-state index is 0.328. The van der Waals surface area contributed by atoms with Crippen LogP contribution < -0.4 is 5.32 Å². The third kappa shape index (κ3) is 3.96. The zero-order valence-corrected chi connectivity index (χ0v) is 14.0. The van der Waals surface area contributed by atoms with Gasteiger partial charge in [0.15, 0.2) is 0 Å². The molecule has 2 saturated heterocycles. The quantitative estimate of drug-likeness (QED) is 0.810. The molecular formula is C17H34N2O. The molecule has 2 aliphatic heterocycles. The molecule has 3 heteroatoms. The lowest BCUT2D eigenvalue weighted by Crippen LogP contribution is -2.52. The van der Waals surface area contributed by atoms with Crippen LogP contribution in [-0.2, 0) is 4.74 Å². The maximum atomic E-state index is 5.87. The van der Waals surface area contributed by atoms with Crippen molar-refractivity contribution < 1.29 is 4.74 Å². The predicted octanol–water partition coefficient (Wildman–Crippen LogP) is 3.04. The number of rotatable bonds is 6. The van der Waals surface area contributed by atoms with Crippen molar-refractivity contribution in [3.05, 3.63) is 0 Å². The smallest absolute Gasteiger partial charge is 0.0546 e. The molecule has 0 aromatic carbocycles. The van der Waals surface area contributed by atoms with Gasteiger partial charge in [-0.15, -0.1) is 0 Å². The average molecular weight is 282 g/mol. The third-order valence-electron chi connectivity index (χ3n) is 5.23. The molecule has 3 nitrogen and oxygen atoms in total. The maximum Gasteiger partial charge on any atom is 0.0546 e. The molecular weight excluding hydrogens is 248 g/mol. The van der Waals surface area contributed by atoms with E-state index in [0.29, 0.717) is 11.5 Å². The normalized spacial score (nSPS) is 35.9. The summed E-state index contributed by atoms with van der Waals surface area (Å²) in [6.45, 7) is 13.4. The molecule has 0 spiro atoms. The monoisotopic (exact) mass is 282 g/mol. The van der Waals surface area contributed by atoms with Crippen molar-refractivity contribution in [1.82, 2.24) is 10.2 Å². The Morgan fingerprint density at radius 1 is 1.35 bits per heavy atom. The summed E-state index contributed by atoms with van der Waals surface area (Å²) in [5.41, 5.74) is 0.328. The molecule has 2 rings (SSSR count). The highest BCUT2D eigenvalue weighted by Crippen LogP contribution is 2.35. The van der Waals surface area contributed by atoms with E-state index in [1.807, 2.05) is 0 Å². The zero-order valence-electron chi connectivity index (χ0n) is 14.0. The van der Waals surface area contributed by atoms with Gasteiger partial charge >= 0.3 is 0 Å². The van der Waals surface area contributed by atoms with E-state index in [4.69, 9.17) is 4.74 Å². The molecule has 2 fully saturated rings. The van der Waals surface area contributed by atoms with Crippen LogP contribution in [-0.4, -0.2) is 49.3 Å². The molecule has 1 N–H and O–H groups in total. The van der Waals surface area contributed by atoms with Gasteiger partial charge in [-0.3, -0.25) is 4.90 Å². The van der Waals surface area contributed by atoms with Crippen molar-refractivity contribution in [1.29, 1.82) is 0 Å². The number of hydrogen-bond acceptors (Lipinski definition) is 3. The number of nitrogens with zero attached hydrogens (tertiary/aromatic N) is 1. The molecule has 0 aromatic rings. The Kier molecular flexibility index (Phi) is 5.88. The number of hydrogen-bond donors (Lipinski definition) is 1. The first-order chi connectivity index (χ1) is 9.56. The van der Waals surface area contributed by atoms with Gasteiger partial charge in [-0.25, -0.2) is 0 Å². The second-order valence-electron chi connectivity index (χ2n) is 7.35. The zero-order chi connectivity index (χ0) is 14.6. The van der Waals surface area contributed by atoms with Crippen molar-refractivity contribution in [2.75, 3.05) is 26.3 Å². The second kappa shape index (κ2) is 7.24. The maximum absolute atomic E-state index is 5.87. The van der Waals surface area contributed by atoms with Crippen molar-refractivity contribution in [2.24, 2.45) is 5.41 Å². The first kappa shape index (κ1) is 16.3. The van der Waals surface area contributed by atoms with Gasteiger partial charge in [0.05, 0.1) is 6.61 Å². The van der Waals surface area contributed by atoms with Gasteiger partial charge in [-0.2, -0.15) is 0 Å². The van der Waals surface area contributed by atoms with Gasteiger partial charge in [0, 0.05) is 43.2 Å². The standard InChI is InChI=1S/C17H34N2O/c1-5-16-8-7-15(4)19(16)12-17(11-18-14(2)3)9-6-10-20-13-17/h14-16,18H,5-13H2,1-4H3. The van der Waals surface area contributed by atoms with E-state index in [2.05, 4.69) is 37.9 Å². The molecule has 20 heavy (non-hydrogen) atoms. The van der Waals surface area contributed by atoms with E-state index in [1.165, 1.54) is 38.6 Å². The van der Waals surface area contributed by atoms with Crippen LogP contribution in [0.15, 0.2) is 0 Å². The Labute approximate surface area is 125 Å². The lowest BCUT2D eigenvalue weighted by atomic mass is 9.81. The van der Waals surface area contributed by atoms with Gasteiger partial charge in [-0.05, 0) is 39.0 Å². The van der Waals surface area contributed by atoms with E-state index >= 15 is 0 Å². The fourth-order valence-electron chi connectivity index (χ4n) is 3.89. The Hall–Kier alpha value is -0.120. The van der Waals surface area contributed by atoms with Crippen LogP contribution in [0.1, 0.15) is 59.8 Å². The van der Waals surface area contributed by atoms with E-state index in [0.717, 1.165) is 31.8 Å². The van der Waals surface area contributed by atoms with Crippen LogP contribution in [0.25, 0.3) is 0 Å². The van der Waals surface area contributed by atoms with Crippen molar-refractivity contribution in [3.8, 4) is 0 Å². The largest absolute Gasteiger partial charge is 0.381 e. The summed E-state index contributed by atoms with van der Waals surface area (Å²) >= 11 is 0. The number of likely N-dealkylation sites (tertiary alicyclic amines) is 1. The molecule has 0 bridgehead atoms. The van der Waals surface area contributed by atoms with Crippen LogP contribution >= 0.6 is 0 Å². The van der Waals surface area contributed by atoms with Crippen molar-refractivity contribution in [2.45, 2.75) is 77.9 Å². The van der Waals surface area contributed by atoms with Gasteiger partial charge in [0.25, 0.3) is 0 Å². The lowest BCUT2D eigenvalue weighted by molar-refractivity contribution is -0.0343. The van der Waals surface area contributed by atoms with Crippen LogP contribution in [0.4, 0.5) is 0 Å². The Morgan fingerprint density at radius 2 is 2.15 bits per heavy atom. The molecule has 0 amide bonds. The summed E-state index contributed by atoms with van der Waals surface area (Å²) in [7, 11) is 0. The van der Waals surface area contributed by atoms with Crippen LogP contribution in [0.3, 0.4) is 0 Å². The highest BCUT2D eigenvalue weighted by Gasteiger charge is 2.39. The fourth-order valence-corrected chi connectivity index (χ4v) is 3.89. The molecule has 3 unspecified atom stereocenters. The molecule has 2 aliphatic rings. The minimum Gasteiger partial charge on any atom is -0.381 e.